The Bertz CT molecular complexity index is 795. The molecule has 7 nitrogen and oxygen atoms in total. The molecule has 0 amide bonds. The van der Waals surface area contributed by atoms with Crippen molar-refractivity contribution in [3.63, 3.8) is 0 Å². The molecule has 3 heterocycles. The zero-order chi connectivity index (χ0) is 19.4. The SMILES string of the molecule is Cn1nccc1CCN1CCN(CCn2nc(C(C)(C)C)ccc2=O)CC1. The van der Waals surface area contributed by atoms with Crippen LogP contribution in [0.3, 0.4) is 0 Å². The summed E-state index contributed by atoms with van der Waals surface area (Å²) in [5, 5.41) is 8.80. The molecular weight excluding hydrogens is 340 g/mol. The average Bonchev–Trinajstić information content (AvgIpc) is 3.04. The average molecular weight is 373 g/mol. The normalized spacial score (nSPS) is 16.7. The molecule has 0 bridgehead atoms. The lowest BCUT2D eigenvalue weighted by molar-refractivity contribution is 0.128. The van der Waals surface area contributed by atoms with E-state index in [1.54, 1.807) is 10.7 Å². The molecule has 1 aliphatic rings. The van der Waals surface area contributed by atoms with Gasteiger partial charge in [-0.05, 0) is 12.1 Å². The molecule has 0 atom stereocenters. The Morgan fingerprint density at radius 2 is 1.63 bits per heavy atom. The minimum absolute atomic E-state index is 0.0159. The zero-order valence-corrected chi connectivity index (χ0v) is 17.1. The first kappa shape index (κ1) is 19.8. The Kier molecular flexibility index (Phi) is 6.11. The quantitative estimate of drug-likeness (QED) is 0.761. The van der Waals surface area contributed by atoms with Gasteiger partial charge in [0.1, 0.15) is 0 Å². The third kappa shape index (κ3) is 5.26. The lowest BCUT2D eigenvalue weighted by Gasteiger charge is -2.34. The lowest BCUT2D eigenvalue weighted by Crippen LogP contribution is -2.48. The fourth-order valence-electron chi connectivity index (χ4n) is 3.40. The van der Waals surface area contributed by atoms with Gasteiger partial charge in [-0.2, -0.15) is 10.2 Å². The highest BCUT2D eigenvalue weighted by atomic mass is 16.1. The highest BCUT2D eigenvalue weighted by Gasteiger charge is 2.19. The van der Waals surface area contributed by atoms with Gasteiger partial charge in [-0.15, -0.1) is 0 Å². The molecule has 0 spiro atoms. The first-order valence-electron chi connectivity index (χ1n) is 9.83. The maximum Gasteiger partial charge on any atom is 0.266 e. The van der Waals surface area contributed by atoms with Crippen LogP contribution < -0.4 is 5.56 Å². The van der Waals surface area contributed by atoms with Crippen LogP contribution in [0.15, 0.2) is 29.2 Å². The van der Waals surface area contributed by atoms with Gasteiger partial charge in [0.05, 0.1) is 12.2 Å². The van der Waals surface area contributed by atoms with Gasteiger partial charge in [0.2, 0.25) is 0 Å². The van der Waals surface area contributed by atoms with Crippen LogP contribution in [0.4, 0.5) is 0 Å². The van der Waals surface area contributed by atoms with Crippen LogP contribution in [0.5, 0.6) is 0 Å². The van der Waals surface area contributed by atoms with E-state index in [0.29, 0.717) is 6.54 Å². The molecule has 3 rings (SSSR count). The Hall–Kier alpha value is -1.99. The summed E-state index contributed by atoms with van der Waals surface area (Å²) in [5.41, 5.74) is 2.18. The van der Waals surface area contributed by atoms with Crippen molar-refractivity contribution in [2.45, 2.75) is 39.2 Å². The first-order chi connectivity index (χ1) is 12.8. The van der Waals surface area contributed by atoms with E-state index in [1.165, 1.54) is 5.69 Å². The van der Waals surface area contributed by atoms with Gasteiger partial charge >= 0.3 is 0 Å². The molecule has 0 aliphatic carbocycles. The first-order valence-corrected chi connectivity index (χ1v) is 9.83. The number of piperazine rings is 1. The smallest absolute Gasteiger partial charge is 0.266 e. The molecule has 1 fully saturated rings. The van der Waals surface area contributed by atoms with Crippen LogP contribution in [-0.2, 0) is 25.4 Å². The Labute approximate surface area is 161 Å². The molecule has 2 aromatic rings. The summed E-state index contributed by atoms with van der Waals surface area (Å²) in [5.74, 6) is 0. The number of aryl methyl sites for hydroxylation is 1. The monoisotopic (exact) mass is 372 g/mol. The van der Waals surface area contributed by atoms with Crippen molar-refractivity contribution in [2.24, 2.45) is 7.05 Å². The molecule has 0 radical (unpaired) electrons. The van der Waals surface area contributed by atoms with Crippen molar-refractivity contribution in [1.29, 1.82) is 0 Å². The molecule has 0 unspecified atom stereocenters. The van der Waals surface area contributed by atoms with Crippen LogP contribution in [0.25, 0.3) is 0 Å². The van der Waals surface area contributed by atoms with Gasteiger partial charge in [0.15, 0.2) is 0 Å². The third-order valence-electron chi connectivity index (χ3n) is 5.33. The molecule has 0 aromatic carbocycles. The van der Waals surface area contributed by atoms with Crippen LogP contribution in [-0.4, -0.2) is 68.6 Å². The summed E-state index contributed by atoms with van der Waals surface area (Å²) in [6, 6.07) is 5.58. The standard InChI is InChI=1S/C20H32N6O/c1-20(2,3)18-5-6-19(27)26(22-18)16-15-25-13-11-24(12-14-25)10-8-17-7-9-21-23(17)4/h5-7,9H,8,10-16H2,1-4H3. The van der Waals surface area contributed by atoms with Gasteiger partial charge in [-0.25, -0.2) is 4.68 Å². The second-order valence-electron chi connectivity index (χ2n) is 8.41. The van der Waals surface area contributed by atoms with E-state index in [1.807, 2.05) is 24.0 Å². The van der Waals surface area contributed by atoms with Crippen molar-refractivity contribution in [1.82, 2.24) is 29.4 Å². The molecule has 27 heavy (non-hydrogen) atoms. The van der Waals surface area contributed by atoms with E-state index >= 15 is 0 Å². The molecule has 148 valence electrons. The van der Waals surface area contributed by atoms with E-state index in [2.05, 4.69) is 46.8 Å². The number of nitrogens with zero attached hydrogens (tertiary/aromatic N) is 6. The summed E-state index contributed by atoms with van der Waals surface area (Å²) in [4.78, 5) is 17.1. The molecule has 0 saturated carbocycles. The lowest BCUT2D eigenvalue weighted by atomic mass is 9.92. The Morgan fingerprint density at radius 1 is 0.963 bits per heavy atom. The van der Waals surface area contributed by atoms with E-state index in [0.717, 1.165) is 51.4 Å². The minimum atomic E-state index is -0.0467. The van der Waals surface area contributed by atoms with Crippen LogP contribution in [0.2, 0.25) is 0 Å². The molecule has 1 saturated heterocycles. The van der Waals surface area contributed by atoms with E-state index < -0.39 is 0 Å². The molecule has 2 aromatic heterocycles. The Morgan fingerprint density at radius 3 is 2.22 bits per heavy atom. The summed E-state index contributed by atoms with van der Waals surface area (Å²) in [6.07, 6.45) is 2.90. The largest absolute Gasteiger partial charge is 0.300 e. The molecule has 0 N–H and O–H groups in total. The minimum Gasteiger partial charge on any atom is -0.300 e. The summed E-state index contributed by atoms with van der Waals surface area (Å²) in [6.45, 7) is 13.2. The van der Waals surface area contributed by atoms with Crippen molar-refractivity contribution >= 4 is 0 Å². The fourth-order valence-corrected chi connectivity index (χ4v) is 3.40. The fraction of sp³-hybridized carbons (Fsp3) is 0.650. The second-order valence-corrected chi connectivity index (χ2v) is 8.41. The summed E-state index contributed by atoms with van der Waals surface area (Å²) >= 11 is 0. The highest BCUT2D eigenvalue weighted by molar-refractivity contribution is 5.10. The van der Waals surface area contributed by atoms with Crippen molar-refractivity contribution in [3.8, 4) is 0 Å². The van der Waals surface area contributed by atoms with Gasteiger partial charge in [-0.1, -0.05) is 20.8 Å². The molecule has 1 aliphatic heterocycles. The van der Waals surface area contributed by atoms with Crippen molar-refractivity contribution in [3.05, 3.63) is 46.1 Å². The number of hydrogen-bond donors (Lipinski definition) is 0. The van der Waals surface area contributed by atoms with Crippen LogP contribution in [0, 0.1) is 0 Å². The Balaban J connectivity index is 1.46. The summed E-state index contributed by atoms with van der Waals surface area (Å²) in [7, 11) is 2.00. The molecule has 7 heteroatoms. The van der Waals surface area contributed by atoms with Crippen LogP contribution >= 0.6 is 0 Å². The second kappa shape index (κ2) is 8.35. The van der Waals surface area contributed by atoms with E-state index in [4.69, 9.17) is 0 Å². The zero-order valence-electron chi connectivity index (χ0n) is 17.1. The molecular formula is C20H32N6O. The van der Waals surface area contributed by atoms with Gasteiger partial charge in [-0.3, -0.25) is 14.4 Å². The number of rotatable bonds is 6. The maximum atomic E-state index is 12.1. The van der Waals surface area contributed by atoms with Gasteiger partial charge < -0.3 is 4.90 Å². The van der Waals surface area contributed by atoms with E-state index in [9.17, 15) is 4.79 Å². The predicted octanol–water partition coefficient (Wildman–Crippen LogP) is 1.13. The summed E-state index contributed by atoms with van der Waals surface area (Å²) < 4.78 is 3.57. The number of aromatic nitrogens is 4. The van der Waals surface area contributed by atoms with Crippen molar-refractivity contribution in [2.75, 3.05) is 39.3 Å². The van der Waals surface area contributed by atoms with E-state index in [-0.39, 0.29) is 11.0 Å². The van der Waals surface area contributed by atoms with Crippen molar-refractivity contribution < 1.29 is 0 Å². The van der Waals surface area contributed by atoms with Crippen LogP contribution in [0.1, 0.15) is 32.2 Å². The van der Waals surface area contributed by atoms with Gasteiger partial charge in [0, 0.05) is 76.1 Å². The third-order valence-corrected chi connectivity index (χ3v) is 5.33. The highest BCUT2D eigenvalue weighted by Crippen LogP contribution is 2.18. The predicted molar refractivity (Wildman–Crippen MR) is 107 cm³/mol. The topological polar surface area (TPSA) is 59.2 Å². The number of hydrogen-bond acceptors (Lipinski definition) is 5. The van der Waals surface area contributed by atoms with Gasteiger partial charge in [0.25, 0.3) is 5.56 Å². The maximum absolute atomic E-state index is 12.1.